The van der Waals surface area contributed by atoms with Crippen LogP contribution in [0.2, 0.25) is 5.02 Å². The molecule has 0 aromatic heterocycles. The number of halogens is 1. The van der Waals surface area contributed by atoms with E-state index in [2.05, 4.69) is 4.90 Å². The summed E-state index contributed by atoms with van der Waals surface area (Å²) in [5.74, 6) is 1.15. The standard InChI is InChI=1S/C29H33ClN2O3/c1-31(2)16-17-35-29-15-12-22(25-8-6-7-9-27(25)30)19-26(29)28(33)14-11-21-18-24(34-5)13-10-23(21)20-32(3)4/h6-15,18-19H,16-17,20H2,1-5H3. The molecule has 0 unspecified atom stereocenters. The predicted octanol–water partition coefficient (Wildman–Crippen LogP) is 5.91. The number of ketones is 1. The minimum absolute atomic E-state index is 0.141. The lowest BCUT2D eigenvalue weighted by Crippen LogP contribution is -2.20. The SMILES string of the molecule is COc1ccc(CN(C)C)c(C=CC(=O)c2cc(-c3ccccc3Cl)ccc2OCCN(C)C)c1. The number of hydrogen-bond donors (Lipinski definition) is 0. The summed E-state index contributed by atoms with van der Waals surface area (Å²) in [6.45, 7) is 1.97. The zero-order valence-electron chi connectivity index (χ0n) is 21.0. The molecule has 3 rings (SSSR count). The van der Waals surface area contributed by atoms with Crippen LogP contribution in [0.3, 0.4) is 0 Å². The second kappa shape index (κ2) is 12.5. The Morgan fingerprint density at radius 3 is 2.43 bits per heavy atom. The second-order valence-corrected chi connectivity index (χ2v) is 9.25. The first-order chi connectivity index (χ1) is 16.8. The van der Waals surface area contributed by atoms with Gasteiger partial charge in [-0.2, -0.15) is 0 Å². The molecule has 3 aromatic rings. The molecule has 35 heavy (non-hydrogen) atoms. The Balaban J connectivity index is 1.98. The van der Waals surface area contributed by atoms with Crippen LogP contribution >= 0.6 is 11.6 Å². The van der Waals surface area contributed by atoms with Crippen LogP contribution in [0.1, 0.15) is 21.5 Å². The average Bonchev–Trinajstić information content (AvgIpc) is 2.83. The van der Waals surface area contributed by atoms with Gasteiger partial charge in [-0.05, 0) is 81.3 Å². The van der Waals surface area contributed by atoms with Crippen molar-refractivity contribution >= 4 is 23.5 Å². The largest absolute Gasteiger partial charge is 0.497 e. The van der Waals surface area contributed by atoms with Crippen molar-refractivity contribution in [1.82, 2.24) is 9.80 Å². The lowest BCUT2D eigenvalue weighted by atomic mass is 9.99. The topological polar surface area (TPSA) is 42.0 Å². The lowest BCUT2D eigenvalue weighted by Gasteiger charge is -2.15. The van der Waals surface area contributed by atoms with Crippen LogP contribution in [-0.2, 0) is 6.54 Å². The fourth-order valence-corrected chi connectivity index (χ4v) is 3.89. The molecule has 0 amide bonds. The first-order valence-corrected chi connectivity index (χ1v) is 11.9. The van der Waals surface area contributed by atoms with Gasteiger partial charge in [0.25, 0.3) is 0 Å². The number of rotatable bonds is 11. The van der Waals surface area contributed by atoms with Gasteiger partial charge in [0, 0.05) is 23.7 Å². The summed E-state index contributed by atoms with van der Waals surface area (Å²) in [7, 11) is 9.63. The molecule has 0 heterocycles. The summed E-state index contributed by atoms with van der Waals surface area (Å²) in [5.41, 5.74) is 4.26. The Labute approximate surface area is 213 Å². The van der Waals surface area contributed by atoms with Gasteiger partial charge in [-0.1, -0.05) is 48.0 Å². The van der Waals surface area contributed by atoms with E-state index in [4.69, 9.17) is 21.1 Å². The van der Waals surface area contributed by atoms with Crippen LogP contribution in [0.15, 0.2) is 66.7 Å². The third-order valence-corrected chi connectivity index (χ3v) is 5.81. The van der Waals surface area contributed by atoms with Crippen molar-refractivity contribution in [3.05, 3.63) is 88.5 Å². The highest BCUT2D eigenvalue weighted by atomic mass is 35.5. The van der Waals surface area contributed by atoms with Crippen molar-refractivity contribution in [2.24, 2.45) is 0 Å². The number of allylic oxidation sites excluding steroid dienone is 1. The van der Waals surface area contributed by atoms with E-state index in [1.54, 1.807) is 13.2 Å². The van der Waals surface area contributed by atoms with Crippen molar-refractivity contribution < 1.29 is 14.3 Å². The van der Waals surface area contributed by atoms with Gasteiger partial charge in [0.2, 0.25) is 0 Å². The first-order valence-electron chi connectivity index (χ1n) is 11.5. The molecular formula is C29H33ClN2O3. The van der Waals surface area contributed by atoms with E-state index in [-0.39, 0.29) is 5.78 Å². The summed E-state index contributed by atoms with van der Waals surface area (Å²) in [5, 5.41) is 0.632. The molecule has 0 N–H and O–H groups in total. The lowest BCUT2D eigenvalue weighted by molar-refractivity contribution is 0.104. The molecular weight excluding hydrogens is 460 g/mol. The molecule has 6 heteroatoms. The van der Waals surface area contributed by atoms with Crippen LogP contribution < -0.4 is 9.47 Å². The molecule has 184 valence electrons. The van der Waals surface area contributed by atoms with E-state index in [9.17, 15) is 4.79 Å². The van der Waals surface area contributed by atoms with Crippen LogP contribution in [-0.4, -0.2) is 64.0 Å². The summed E-state index contributed by atoms with van der Waals surface area (Å²) in [6.07, 6.45) is 3.44. The third-order valence-electron chi connectivity index (χ3n) is 5.48. The second-order valence-electron chi connectivity index (χ2n) is 8.84. The van der Waals surface area contributed by atoms with Gasteiger partial charge in [-0.3, -0.25) is 4.79 Å². The summed E-state index contributed by atoms with van der Waals surface area (Å²) >= 11 is 6.43. The first kappa shape index (κ1) is 26.5. The van der Waals surface area contributed by atoms with E-state index in [0.29, 0.717) is 22.9 Å². The number of nitrogens with zero attached hydrogens (tertiary/aromatic N) is 2. The van der Waals surface area contributed by atoms with E-state index < -0.39 is 0 Å². The van der Waals surface area contributed by atoms with Gasteiger partial charge in [0.15, 0.2) is 5.78 Å². The number of likely N-dealkylation sites (N-methyl/N-ethyl adjacent to an activating group) is 1. The van der Waals surface area contributed by atoms with Gasteiger partial charge in [0.1, 0.15) is 18.1 Å². The molecule has 0 radical (unpaired) electrons. The van der Waals surface area contributed by atoms with Crippen LogP contribution in [0, 0.1) is 0 Å². The molecule has 3 aromatic carbocycles. The van der Waals surface area contributed by atoms with Crippen molar-refractivity contribution in [3.63, 3.8) is 0 Å². The van der Waals surface area contributed by atoms with Crippen molar-refractivity contribution in [2.75, 3.05) is 48.5 Å². The van der Waals surface area contributed by atoms with Gasteiger partial charge in [0.05, 0.1) is 12.7 Å². The van der Waals surface area contributed by atoms with Gasteiger partial charge in [-0.25, -0.2) is 0 Å². The molecule has 0 aliphatic carbocycles. The number of carbonyl (C=O) groups is 1. The Bertz CT molecular complexity index is 1190. The van der Waals surface area contributed by atoms with E-state index in [0.717, 1.165) is 41.1 Å². The maximum atomic E-state index is 13.4. The van der Waals surface area contributed by atoms with E-state index in [1.807, 2.05) is 99.8 Å². The van der Waals surface area contributed by atoms with E-state index in [1.165, 1.54) is 0 Å². The average molecular weight is 493 g/mol. The number of methoxy groups -OCH3 is 1. The van der Waals surface area contributed by atoms with Crippen molar-refractivity contribution in [1.29, 1.82) is 0 Å². The fraction of sp³-hybridized carbons (Fsp3) is 0.276. The highest BCUT2D eigenvalue weighted by Gasteiger charge is 2.14. The maximum absolute atomic E-state index is 13.4. The monoisotopic (exact) mass is 492 g/mol. The smallest absolute Gasteiger partial charge is 0.189 e. The maximum Gasteiger partial charge on any atom is 0.189 e. The number of ether oxygens (including phenoxy) is 2. The van der Waals surface area contributed by atoms with Crippen LogP contribution in [0.5, 0.6) is 11.5 Å². The summed E-state index contributed by atoms with van der Waals surface area (Å²) in [4.78, 5) is 17.6. The van der Waals surface area contributed by atoms with Gasteiger partial charge < -0.3 is 19.3 Å². The molecule has 5 nitrogen and oxygen atoms in total. The molecule has 0 aliphatic rings. The highest BCUT2D eigenvalue weighted by Crippen LogP contribution is 2.32. The molecule has 0 bridgehead atoms. The minimum atomic E-state index is -0.141. The van der Waals surface area contributed by atoms with Gasteiger partial charge >= 0.3 is 0 Å². The normalized spacial score (nSPS) is 11.4. The van der Waals surface area contributed by atoms with Crippen molar-refractivity contribution in [3.8, 4) is 22.6 Å². The summed E-state index contributed by atoms with van der Waals surface area (Å²) in [6, 6.07) is 19.1. The third kappa shape index (κ3) is 7.43. The Kier molecular flexibility index (Phi) is 9.49. The number of benzene rings is 3. The molecule has 0 spiro atoms. The molecule has 0 fully saturated rings. The Morgan fingerprint density at radius 1 is 0.971 bits per heavy atom. The predicted molar refractivity (Wildman–Crippen MR) is 145 cm³/mol. The number of carbonyl (C=O) groups excluding carboxylic acids is 1. The zero-order chi connectivity index (χ0) is 25.4. The minimum Gasteiger partial charge on any atom is -0.497 e. The van der Waals surface area contributed by atoms with Crippen LogP contribution in [0.4, 0.5) is 0 Å². The fourth-order valence-electron chi connectivity index (χ4n) is 3.64. The quantitative estimate of drug-likeness (QED) is 0.246. The van der Waals surface area contributed by atoms with Gasteiger partial charge in [-0.15, -0.1) is 0 Å². The van der Waals surface area contributed by atoms with Crippen molar-refractivity contribution in [2.45, 2.75) is 6.54 Å². The summed E-state index contributed by atoms with van der Waals surface area (Å²) < 4.78 is 11.4. The Hall–Kier alpha value is -3.12. The number of hydrogen-bond acceptors (Lipinski definition) is 5. The highest BCUT2D eigenvalue weighted by molar-refractivity contribution is 6.33. The zero-order valence-corrected chi connectivity index (χ0v) is 21.8. The van der Waals surface area contributed by atoms with E-state index >= 15 is 0 Å². The Morgan fingerprint density at radius 2 is 1.74 bits per heavy atom. The molecule has 0 aliphatic heterocycles. The molecule has 0 saturated heterocycles. The molecule has 0 atom stereocenters. The van der Waals surface area contributed by atoms with Crippen LogP contribution in [0.25, 0.3) is 17.2 Å². The molecule has 0 saturated carbocycles.